The van der Waals surface area contributed by atoms with Gasteiger partial charge < -0.3 is 0 Å². The zero-order chi connectivity index (χ0) is 22.0. The molecule has 5 rings (SSSR count). The van der Waals surface area contributed by atoms with Crippen LogP contribution < -0.4 is 0 Å². The van der Waals surface area contributed by atoms with Crippen LogP contribution in [0.15, 0.2) is 79.0 Å². The Labute approximate surface area is 173 Å². The molecule has 0 N–H and O–H groups in total. The third-order valence-corrected chi connectivity index (χ3v) is 5.82. The maximum absolute atomic E-state index is 14.3. The first-order valence-corrected chi connectivity index (χ1v) is 9.37. The predicted octanol–water partition coefficient (Wildman–Crippen LogP) is 7.29. The summed E-state index contributed by atoms with van der Waals surface area (Å²) in [6.45, 7) is 0. The Hall–Kier alpha value is -3.35. The fourth-order valence-electron chi connectivity index (χ4n) is 4.45. The summed E-state index contributed by atoms with van der Waals surface area (Å²) in [7, 11) is 0. The van der Waals surface area contributed by atoms with Gasteiger partial charge in [0.25, 0.3) is 0 Å². The summed E-state index contributed by atoms with van der Waals surface area (Å²) in [5.74, 6) is 0. The summed E-state index contributed by atoms with van der Waals surface area (Å²) < 4.78 is 85.7. The first kappa shape index (κ1) is 19.6. The molecule has 0 atom stereocenters. The largest absolute Gasteiger partial charge is 0.411 e. The van der Waals surface area contributed by atoms with Gasteiger partial charge in [0.15, 0.2) is 0 Å². The molecule has 1 aliphatic rings. The van der Waals surface area contributed by atoms with Crippen LogP contribution in [0.3, 0.4) is 0 Å². The molecule has 1 nitrogen and oxygen atoms in total. The Morgan fingerprint density at radius 1 is 0.613 bits per heavy atom. The van der Waals surface area contributed by atoms with Crippen LogP contribution in [0.25, 0.3) is 33.2 Å². The van der Waals surface area contributed by atoms with Crippen molar-refractivity contribution in [2.75, 3.05) is 0 Å². The van der Waals surface area contributed by atoms with Gasteiger partial charge in [-0.1, -0.05) is 60.7 Å². The highest BCUT2D eigenvalue weighted by Crippen LogP contribution is 2.63. The summed E-state index contributed by atoms with van der Waals surface area (Å²) in [5.41, 5.74) is -5.36. The van der Waals surface area contributed by atoms with Gasteiger partial charge in [0.2, 0.25) is 5.41 Å². The zero-order valence-electron chi connectivity index (χ0n) is 15.7. The lowest BCUT2D eigenvalue weighted by Crippen LogP contribution is -2.53. The second-order valence-corrected chi connectivity index (χ2v) is 7.47. The Morgan fingerprint density at radius 2 is 1.23 bits per heavy atom. The van der Waals surface area contributed by atoms with Crippen LogP contribution in [0.2, 0.25) is 0 Å². The predicted molar refractivity (Wildman–Crippen MR) is 106 cm³/mol. The summed E-state index contributed by atoms with van der Waals surface area (Å²) in [6.07, 6.45) is -9.61. The van der Waals surface area contributed by atoms with Gasteiger partial charge >= 0.3 is 12.4 Å². The first-order chi connectivity index (χ1) is 14.6. The minimum absolute atomic E-state index is 0.0647. The normalized spacial score (nSPS) is 15.0. The van der Waals surface area contributed by atoms with E-state index >= 15 is 0 Å². The zero-order valence-corrected chi connectivity index (χ0v) is 15.7. The number of halogens is 6. The second-order valence-electron chi connectivity index (χ2n) is 7.47. The van der Waals surface area contributed by atoms with Crippen LogP contribution in [0.1, 0.15) is 11.1 Å². The van der Waals surface area contributed by atoms with E-state index in [1.165, 1.54) is 30.3 Å². The molecule has 3 aromatic carbocycles. The third-order valence-electron chi connectivity index (χ3n) is 5.82. The van der Waals surface area contributed by atoms with Gasteiger partial charge in [-0.05, 0) is 39.8 Å². The van der Waals surface area contributed by atoms with E-state index in [0.29, 0.717) is 5.69 Å². The van der Waals surface area contributed by atoms with Crippen LogP contribution in [0.4, 0.5) is 26.3 Å². The lowest BCUT2D eigenvalue weighted by Gasteiger charge is -2.36. The molecule has 0 spiro atoms. The fourth-order valence-corrected chi connectivity index (χ4v) is 4.45. The number of fused-ring (bicyclic) bond motifs is 4. The van der Waals surface area contributed by atoms with Crippen molar-refractivity contribution in [2.45, 2.75) is 17.8 Å². The molecular formula is C24H13F6N. The van der Waals surface area contributed by atoms with Crippen LogP contribution in [0.5, 0.6) is 0 Å². The molecule has 0 amide bonds. The third kappa shape index (κ3) is 2.62. The van der Waals surface area contributed by atoms with E-state index in [4.69, 9.17) is 0 Å². The average molecular weight is 429 g/mol. The lowest BCUT2D eigenvalue weighted by atomic mass is 9.76. The number of alkyl halides is 6. The summed E-state index contributed by atoms with van der Waals surface area (Å²) in [4.78, 5) is 4.26. The lowest BCUT2D eigenvalue weighted by molar-refractivity contribution is -0.287. The minimum atomic E-state index is -5.58. The molecule has 31 heavy (non-hydrogen) atoms. The van der Waals surface area contributed by atoms with Crippen molar-refractivity contribution in [3.05, 3.63) is 90.1 Å². The fraction of sp³-hybridized carbons (Fsp3) is 0.125. The quantitative estimate of drug-likeness (QED) is 0.290. The summed E-state index contributed by atoms with van der Waals surface area (Å²) >= 11 is 0. The van der Waals surface area contributed by atoms with Gasteiger partial charge in [-0.15, -0.1) is 0 Å². The second kappa shape index (κ2) is 6.33. The van der Waals surface area contributed by atoms with E-state index in [2.05, 4.69) is 4.98 Å². The van der Waals surface area contributed by atoms with Crippen molar-refractivity contribution in [2.24, 2.45) is 0 Å². The van der Waals surface area contributed by atoms with Gasteiger partial charge in [-0.25, -0.2) is 0 Å². The minimum Gasteiger partial charge on any atom is -0.256 e. The monoisotopic (exact) mass is 429 g/mol. The van der Waals surface area contributed by atoms with E-state index in [9.17, 15) is 26.3 Å². The molecule has 0 radical (unpaired) electrons. The average Bonchev–Trinajstić information content (AvgIpc) is 3.04. The summed E-state index contributed by atoms with van der Waals surface area (Å²) in [5, 5.41) is 1.61. The molecule has 4 aromatic rings. The maximum atomic E-state index is 14.3. The van der Waals surface area contributed by atoms with Crippen LogP contribution >= 0.6 is 0 Å². The van der Waals surface area contributed by atoms with E-state index in [1.54, 1.807) is 24.4 Å². The van der Waals surface area contributed by atoms with E-state index in [1.807, 2.05) is 12.1 Å². The van der Waals surface area contributed by atoms with Crippen molar-refractivity contribution < 1.29 is 26.3 Å². The molecule has 0 aliphatic heterocycles. The molecule has 1 aliphatic carbocycles. The topological polar surface area (TPSA) is 12.9 Å². The number of nitrogens with zero attached hydrogens (tertiary/aromatic N) is 1. The Balaban J connectivity index is 1.81. The van der Waals surface area contributed by atoms with Crippen LogP contribution in [-0.2, 0) is 5.41 Å². The molecular weight excluding hydrogens is 416 g/mol. The van der Waals surface area contributed by atoms with Gasteiger partial charge in [0, 0.05) is 17.1 Å². The Bertz CT molecular complexity index is 1310. The number of aromatic nitrogens is 1. The van der Waals surface area contributed by atoms with E-state index in [-0.39, 0.29) is 16.7 Å². The van der Waals surface area contributed by atoms with Crippen molar-refractivity contribution >= 4 is 10.8 Å². The number of hydrogen-bond donors (Lipinski definition) is 0. The number of hydrogen-bond acceptors (Lipinski definition) is 1. The Kier molecular flexibility index (Phi) is 4.00. The SMILES string of the molecule is FC(F)(F)C1(C(F)(F)F)c2ccccc2-c2ccc(-c3cc4ccccc4cn3)cc21. The molecule has 0 bridgehead atoms. The van der Waals surface area contributed by atoms with Crippen molar-refractivity contribution in [1.82, 2.24) is 4.98 Å². The number of benzene rings is 3. The molecule has 156 valence electrons. The highest BCUT2D eigenvalue weighted by molar-refractivity contribution is 5.87. The number of pyridine rings is 1. The highest BCUT2D eigenvalue weighted by Gasteiger charge is 2.75. The van der Waals surface area contributed by atoms with Crippen LogP contribution in [-0.4, -0.2) is 17.3 Å². The van der Waals surface area contributed by atoms with E-state index < -0.39 is 28.9 Å². The number of rotatable bonds is 1. The molecule has 7 heteroatoms. The molecule has 0 saturated carbocycles. The smallest absolute Gasteiger partial charge is 0.256 e. The molecule has 0 unspecified atom stereocenters. The maximum Gasteiger partial charge on any atom is 0.411 e. The van der Waals surface area contributed by atoms with Gasteiger partial charge in [-0.2, -0.15) is 26.3 Å². The Morgan fingerprint density at radius 3 is 1.94 bits per heavy atom. The van der Waals surface area contributed by atoms with Gasteiger partial charge in [-0.3, -0.25) is 4.98 Å². The van der Waals surface area contributed by atoms with Crippen molar-refractivity contribution in [1.29, 1.82) is 0 Å². The van der Waals surface area contributed by atoms with Crippen molar-refractivity contribution in [3.8, 4) is 22.4 Å². The van der Waals surface area contributed by atoms with Crippen molar-refractivity contribution in [3.63, 3.8) is 0 Å². The standard InChI is InChI=1S/C24H13F6N/c25-23(26,27)22(24(28,29)30)19-8-4-3-7-17(19)18-10-9-15(11-20(18)22)21-12-14-5-1-2-6-16(14)13-31-21/h1-13H. The molecule has 0 fully saturated rings. The highest BCUT2D eigenvalue weighted by atomic mass is 19.4. The molecule has 1 heterocycles. The molecule has 0 saturated heterocycles. The van der Waals surface area contributed by atoms with E-state index in [0.717, 1.165) is 22.9 Å². The molecule has 1 aromatic heterocycles. The van der Waals surface area contributed by atoms with Gasteiger partial charge in [0.05, 0.1) is 5.69 Å². The van der Waals surface area contributed by atoms with Crippen LogP contribution in [0, 0.1) is 0 Å². The summed E-state index contributed by atoms with van der Waals surface area (Å²) in [6, 6.07) is 17.5. The first-order valence-electron chi connectivity index (χ1n) is 9.37. The van der Waals surface area contributed by atoms with Gasteiger partial charge in [0.1, 0.15) is 0 Å².